The zero-order chi connectivity index (χ0) is 21.9. The summed E-state index contributed by atoms with van der Waals surface area (Å²) in [5.74, 6) is -0.333. The Bertz CT molecular complexity index is 1060. The summed E-state index contributed by atoms with van der Waals surface area (Å²) in [6.45, 7) is 8.43. The molecule has 1 aromatic carbocycles. The number of esters is 1. The van der Waals surface area contributed by atoms with Gasteiger partial charge in [-0.15, -0.1) is 0 Å². The maximum Gasteiger partial charge on any atom is 0.310 e. The Morgan fingerprint density at radius 3 is 2.70 bits per heavy atom. The third-order valence-corrected chi connectivity index (χ3v) is 7.80. The number of rotatable bonds is 8. The SMILES string of the molecule is CCOC(=O)[C@@H]1CCCN(Cn2c(=S)oc3ccc(S(=O)(=O)N(CC)CC)cc32)C1. The van der Waals surface area contributed by atoms with Crippen LogP contribution in [0, 0.1) is 10.8 Å². The number of aromatic nitrogens is 1. The first-order valence-corrected chi connectivity index (χ1v) is 12.2. The van der Waals surface area contributed by atoms with E-state index in [1.165, 1.54) is 4.31 Å². The maximum atomic E-state index is 12.9. The van der Waals surface area contributed by atoms with Crippen LogP contribution in [0.1, 0.15) is 33.6 Å². The number of carbonyl (C=O) groups is 1. The van der Waals surface area contributed by atoms with Crippen LogP contribution in [0.15, 0.2) is 27.5 Å². The third kappa shape index (κ3) is 4.61. The second kappa shape index (κ2) is 9.59. The summed E-state index contributed by atoms with van der Waals surface area (Å²) in [5, 5.41) is 0. The fourth-order valence-corrected chi connectivity index (χ4v) is 5.61. The van der Waals surface area contributed by atoms with Crippen LogP contribution in [0.3, 0.4) is 0 Å². The lowest BCUT2D eigenvalue weighted by molar-refractivity contribution is -0.150. The highest BCUT2D eigenvalue weighted by atomic mass is 32.2. The van der Waals surface area contributed by atoms with Gasteiger partial charge in [-0.2, -0.15) is 4.31 Å². The lowest BCUT2D eigenvalue weighted by Crippen LogP contribution is -2.40. The van der Waals surface area contributed by atoms with E-state index in [2.05, 4.69) is 4.90 Å². The van der Waals surface area contributed by atoms with Crippen molar-refractivity contribution in [1.82, 2.24) is 13.8 Å². The molecule has 1 atom stereocenters. The number of hydrogen-bond acceptors (Lipinski definition) is 7. The molecule has 30 heavy (non-hydrogen) atoms. The lowest BCUT2D eigenvalue weighted by atomic mass is 9.98. The van der Waals surface area contributed by atoms with E-state index in [0.29, 0.717) is 44.0 Å². The normalized spacial score (nSPS) is 18.2. The Hall–Kier alpha value is -1.75. The number of ether oxygens (including phenoxy) is 1. The molecule has 0 saturated carbocycles. The molecule has 0 unspecified atom stereocenters. The van der Waals surface area contributed by atoms with Crippen LogP contribution in [0.25, 0.3) is 11.1 Å². The first-order valence-electron chi connectivity index (χ1n) is 10.3. The Kier molecular flexibility index (Phi) is 7.33. The predicted molar refractivity (Wildman–Crippen MR) is 116 cm³/mol. The minimum atomic E-state index is -3.59. The van der Waals surface area contributed by atoms with E-state index < -0.39 is 10.0 Å². The molecule has 8 nitrogen and oxygen atoms in total. The number of hydrogen-bond donors (Lipinski definition) is 0. The summed E-state index contributed by atoms with van der Waals surface area (Å²) in [6, 6.07) is 4.82. The van der Waals surface area contributed by atoms with Gasteiger partial charge in [0.05, 0.1) is 29.6 Å². The van der Waals surface area contributed by atoms with Crippen molar-refractivity contribution in [1.29, 1.82) is 0 Å². The minimum Gasteiger partial charge on any atom is -0.466 e. The van der Waals surface area contributed by atoms with Gasteiger partial charge in [0.15, 0.2) is 5.58 Å². The molecule has 1 aliphatic heterocycles. The molecule has 0 amide bonds. The van der Waals surface area contributed by atoms with Crippen molar-refractivity contribution in [2.45, 2.75) is 45.2 Å². The van der Waals surface area contributed by atoms with Crippen LogP contribution in [0.4, 0.5) is 0 Å². The summed E-state index contributed by atoms with van der Waals surface area (Å²) in [5.41, 5.74) is 1.17. The van der Waals surface area contributed by atoms with Crippen LogP contribution in [0.2, 0.25) is 0 Å². The first kappa shape index (κ1) is 22.9. The predicted octanol–water partition coefficient (Wildman–Crippen LogP) is 3.23. The minimum absolute atomic E-state index is 0.162. The van der Waals surface area contributed by atoms with Gasteiger partial charge in [-0.3, -0.25) is 14.3 Å². The molecule has 2 aromatic rings. The summed E-state index contributed by atoms with van der Waals surface area (Å²) >= 11 is 5.40. The number of carbonyl (C=O) groups excluding carboxylic acids is 1. The first-order chi connectivity index (χ1) is 14.3. The van der Waals surface area contributed by atoms with Crippen LogP contribution in [-0.4, -0.2) is 60.9 Å². The molecule has 2 heterocycles. The van der Waals surface area contributed by atoms with Crippen molar-refractivity contribution in [2.24, 2.45) is 5.92 Å². The Morgan fingerprint density at radius 2 is 2.03 bits per heavy atom. The van der Waals surface area contributed by atoms with Crippen molar-refractivity contribution in [2.75, 3.05) is 32.8 Å². The molecule has 10 heteroatoms. The van der Waals surface area contributed by atoms with Crippen LogP contribution >= 0.6 is 12.2 Å². The second-order valence-corrected chi connectivity index (χ2v) is 9.61. The van der Waals surface area contributed by atoms with Crippen molar-refractivity contribution in [3.05, 3.63) is 23.0 Å². The van der Waals surface area contributed by atoms with E-state index >= 15 is 0 Å². The van der Waals surface area contributed by atoms with Crippen molar-refractivity contribution in [3.63, 3.8) is 0 Å². The monoisotopic (exact) mass is 455 g/mol. The number of benzene rings is 1. The van der Waals surface area contributed by atoms with Gasteiger partial charge in [0.2, 0.25) is 10.0 Å². The Balaban J connectivity index is 1.90. The van der Waals surface area contributed by atoms with E-state index in [-0.39, 0.29) is 21.6 Å². The Morgan fingerprint density at radius 1 is 1.30 bits per heavy atom. The zero-order valence-corrected chi connectivity index (χ0v) is 19.3. The van der Waals surface area contributed by atoms with E-state index in [0.717, 1.165) is 19.4 Å². The molecular formula is C20H29N3O5S2. The quantitative estimate of drug-likeness (QED) is 0.446. The molecule has 166 valence electrons. The molecule has 1 aliphatic rings. The van der Waals surface area contributed by atoms with Crippen LogP contribution in [-0.2, 0) is 26.2 Å². The largest absolute Gasteiger partial charge is 0.466 e. The summed E-state index contributed by atoms with van der Waals surface area (Å²) in [6.07, 6.45) is 1.69. The second-order valence-electron chi connectivity index (χ2n) is 7.32. The molecule has 1 aromatic heterocycles. The zero-order valence-electron chi connectivity index (χ0n) is 17.7. The summed E-state index contributed by atoms with van der Waals surface area (Å²) < 4.78 is 39.9. The number of sulfonamides is 1. The molecule has 1 saturated heterocycles. The average Bonchev–Trinajstić information content (AvgIpc) is 3.03. The fraction of sp³-hybridized carbons (Fsp3) is 0.600. The summed E-state index contributed by atoms with van der Waals surface area (Å²) in [4.78, 5) is 14.8. The van der Waals surface area contributed by atoms with Gasteiger partial charge < -0.3 is 9.15 Å². The number of fused-ring (bicyclic) bond motifs is 1. The summed E-state index contributed by atoms with van der Waals surface area (Å²) in [7, 11) is -3.59. The van der Waals surface area contributed by atoms with Crippen LogP contribution < -0.4 is 0 Å². The van der Waals surface area contributed by atoms with E-state index in [4.69, 9.17) is 21.4 Å². The van der Waals surface area contributed by atoms with Gasteiger partial charge in [-0.05, 0) is 56.7 Å². The van der Waals surface area contributed by atoms with Crippen molar-refractivity contribution >= 4 is 39.3 Å². The van der Waals surface area contributed by atoms with E-state index in [9.17, 15) is 13.2 Å². The van der Waals surface area contributed by atoms with Gasteiger partial charge in [-0.1, -0.05) is 13.8 Å². The fourth-order valence-electron chi connectivity index (χ4n) is 3.89. The third-order valence-electron chi connectivity index (χ3n) is 5.45. The van der Waals surface area contributed by atoms with Gasteiger partial charge in [0.25, 0.3) is 4.84 Å². The molecule has 3 rings (SSSR count). The average molecular weight is 456 g/mol. The van der Waals surface area contributed by atoms with Crippen LogP contribution in [0.5, 0.6) is 0 Å². The molecule has 0 N–H and O–H groups in total. The standard InChI is InChI=1S/C20H29N3O5S2/c1-4-22(5-2)30(25,26)16-9-10-18-17(12-16)23(20(29)28-18)14-21-11-7-8-15(13-21)19(24)27-6-3/h9-10,12,15H,4-8,11,13-14H2,1-3H3/t15-/m1/s1. The van der Waals surface area contributed by atoms with Gasteiger partial charge in [0, 0.05) is 19.6 Å². The number of piperidine rings is 1. The van der Waals surface area contributed by atoms with Gasteiger partial charge in [-0.25, -0.2) is 8.42 Å². The highest BCUT2D eigenvalue weighted by molar-refractivity contribution is 7.89. The topological polar surface area (TPSA) is 85.0 Å². The molecule has 0 aliphatic carbocycles. The lowest BCUT2D eigenvalue weighted by Gasteiger charge is -2.31. The van der Waals surface area contributed by atoms with Gasteiger partial charge in [0.1, 0.15) is 0 Å². The molecule has 0 bridgehead atoms. The molecule has 1 fully saturated rings. The highest BCUT2D eigenvalue weighted by Crippen LogP contribution is 2.25. The number of oxazole rings is 1. The molecule has 0 spiro atoms. The van der Waals surface area contributed by atoms with E-state index in [1.54, 1.807) is 29.7 Å². The Labute approximate surface area is 182 Å². The highest BCUT2D eigenvalue weighted by Gasteiger charge is 2.28. The molecule has 0 radical (unpaired) electrons. The van der Waals surface area contributed by atoms with Crippen molar-refractivity contribution in [3.8, 4) is 0 Å². The van der Waals surface area contributed by atoms with Crippen molar-refractivity contribution < 1.29 is 22.4 Å². The smallest absolute Gasteiger partial charge is 0.310 e. The maximum absolute atomic E-state index is 12.9. The van der Waals surface area contributed by atoms with E-state index in [1.807, 2.05) is 13.8 Å². The molecular weight excluding hydrogens is 426 g/mol. The van der Waals surface area contributed by atoms with Gasteiger partial charge >= 0.3 is 5.97 Å². The number of nitrogens with zero attached hydrogens (tertiary/aromatic N) is 3. The number of likely N-dealkylation sites (tertiary alicyclic amines) is 1.